The van der Waals surface area contributed by atoms with Gasteiger partial charge in [0, 0.05) is 0 Å². The van der Waals surface area contributed by atoms with Gasteiger partial charge in [-0.25, -0.2) is 9.36 Å². The van der Waals surface area contributed by atoms with Gasteiger partial charge in [0.05, 0.1) is 0 Å². The number of hydrogen-bond donors (Lipinski definition) is 3. The molecule has 1 fully saturated rings. The van der Waals surface area contributed by atoms with Crippen molar-refractivity contribution in [1.29, 1.82) is 0 Å². The Morgan fingerprint density at radius 3 is 2.36 bits per heavy atom. The zero-order valence-electron chi connectivity index (χ0n) is 7.63. The van der Waals surface area contributed by atoms with Crippen LogP contribution < -0.4 is 5.73 Å². The Morgan fingerprint density at radius 1 is 1.43 bits per heavy atom. The summed E-state index contributed by atoms with van der Waals surface area (Å²) in [6.45, 7) is 0. The minimum atomic E-state index is -4.75. The zero-order chi connectivity index (χ0) is 10.8. The number of nitrogens with two attached hydrogens (primary N) is 1. The number of carbonyl (C=O) groups excluding carboxylic acids is 1. The summed E-state index contributed by atoms with van der Waals surface area (Å²) in [5.74, 6) is -1.01. The van der Waals surface area contributed by atoms with Crippen LogP contribution in [0.4, 0.5) is 0 Å². The first kappa shape index (κ1) is 11.7. The summed E-state index contributed by atoms with van der Waals surface area (Å²) < 4.78 is 14.3. The Morgan fingerprint density at radius 2 is 1.93 bits per heavy atom. The number of rotatable bonds is 3. The van der Waals surface area contributed by atoms with E-state index < -0.39 is 19.8 Å². The summed E-state index contributed by atoms with van der Waals surface area (Å²) in [6.07, 6.45) is 3.64. The highest BCUT2D eigenvalue weighted by Crippen LogP contribution is 2.37. The number of phosphoric acid groups is 1. The van der Waals surface area contributed by atoms with E-state index in [2.05, 4.69) is 4.52 Å². The maximum atomic E-state index is 11.1. The molecule has 0 radical (unpaired) electrons. The fourth-order valence-corrected chi connectivity index (χ4v) is 2.04. The van der Waals surface area contributed by atoms with Gasteiger partial charge in [-0.15, -0.1) is 0 Å². The van der Waals surface area contributed by atoms with E-state index in [1.54, 1.807) is 0 Å². The first-order valence-electron chi connectivity index (χ1n) is 4.45. The Bertz CT molecular complexity index is 257. The second kappa shape index (κ2) is 4.40. The van der Waals surface area contributed by atoms with E-state index in [4.69, 9.17) is 15.5 Å². The molecular weight excluding hydrogens is 209 g/mol. The van der Waals surface area contributed by atoms with Crippen LogP contribution in [0, 0.1) is 5.92 Å². The molecule has 0 bridgehead atoms. The molecule has 14 heavy (non-hydrogen) atoms. The van der Waals surface area contributed by atoms with Crippen molar-refractivity contribution in [2.24, 2.45) is 11.7 Å². The minimum Gasteiger partial charge on any atom is -0.369 e. The second-order valence-corrected chi connectivity index (χ2v) is 4.63. The van der Waals surface area contributed by atoms with E-state index in [1.807, 2.05) is 0 Å². The van der Waals surface area contributed by atoms with Gasteiger partial charge < -0.3 is 10.3 Å². The van der Waals surface area contributed by atoms with Crippen LogP contribution in [0.25, 0.3) is 0 Å². The quantitative estimate of drug-likeness (QED) is 0.587. The van der Waals surface area contributed by atoms with Crippen molar-refractivity contribution >= 4 is 13.8 Å². The van der Waals surface area contributed by atoms with E-state index >= 15 is 0 Å². The third-order valence-corrected chi connectivity index (χ3v) is 2.81. The standard InChI is InChI=1S/C7H14NO5P/c8-6(5-3-1-2-4-5)7(9)13-14(10,11)12/h5-6H,1-4,8H2,(H2,10,11,12)/t6-/m0/s1. The fourth-order valence-electron chi connectivity index (χ4n) is 1.69. The molecule has 1 aliphatic rings. The van der Waals surface area contributed by atoms with Crippen LogP contribution in [0.15, 0.2) is 0 Å². The van der Waals surface area contributed by atoms with Crippen molar-refractivity contribution in [2.75, 3.05) is 0 Å². The lowest BCUT2D eigenvalue weighted by atomic mass is 9.99. The highest BCUT2D eigenvalue weighted by atomic mass is 31.2. The molecule has 0 aromatic heterocycles. The van der Waals surface area contributed by atoms with Crippen LogP contribution >= 0.6 is 7.82 Å². The molecule has 6 nitrogen and oxygen atoms in total. The molecule has 0 unspecified atom stereocenters. The molecule has 4 N–H and O–H groups in total. The average molecular weight is 223 g/mol. The first-order chi connectivity index (χ1) is 6.40. The predicted octanol–water partition coefficient (Wildman–Crippen LogP) is 0.140. The van der Waals surface area contributed by atoms with Crippen molar-refractivity contribution in [3.63, 3.8) is 0 Å². The molecule has 0 spiro atoms. The summed E-state index contributed by atoms with van der Waals surface area (Å²) in [6, 6.07) is -0.912. The van der Waals surface area contributed by atoms with E-state index in [0.717, 1.165) is 25.7 Å². The average Bonchev–Trinajstić information content (AvgIpc) is 2.51. The molecule has 0 aromatic rings. The van der Waals surface area contributed by atoms with Crippen LogP contribution in [-0.2, 0) is 13.9 Å². The van der Waals surface area contributed by atoms with Crippen LogP contribution in [0.5, 0.6) is 0 Å². The van der Waals surface area contributed by atoms with Crippen molar-refractivity contribution in [3.05, 3.63) is 0 Å². The molecule has 1 rings (SSSR count). The maximum absolute atomic E-state index is 11.1. The number of hydrogen-bond acceptors (Lipinski definition) is 4. The summed E-state index contributed by atoms with van der Waals surface area (Å²) in [5, 5.41) is 0. The second-order valence-electron chi connectivity index (χ2n) is 3.47. The molecule has 1 aliphatic carbocycles. The normalized spacial score (nSPS) is 20.8. The predicted molar refractivity (Wildman–Crippen MR) is 48.1 cm³/mol. The SMILES string of the molecule is N[C@H](C(=O)OP(=O)(O)O)C1CCCC1. The van der Waals surface area contributed by atoms with Gasteiger partial charge in [-0.3, -0.25) is 9.79 Å². The van der Waals surface area contributed by atoms with Crippen molar-refractivity contribution in [3.8, 4) is 0 Å². The third-order valence-electron chi connectivity index (χ3n) is 2.39. The van der Waals surface area contributed by atoms with Gasteiger partial charge >= 0.3 is 13.8 Å². The summed E-state index contributed by atoms with van der Waals surface area (Å²) >= 11 is 0. The molecule has 0 saturated heterocycles. The highest BCUT2D eigenvalue weighted by Gasteiger charge is 2.32. The monoisotopic (exact) mass is 223 g/mol. The van der Waals surface area contributed by atoms with E-state index in [9.17, 15) is 9.36 Å². The minimum absolute atomic E-state index is 0.00551. The molecule has 0 heterocycles. The Labute approximate surface area is 81.7 Å². The Balaban J connectivity index is 2.47. The topological polar surface area (TPSA) is 110 Å². The Kier molecular flexibility index (Phi) is 3.66. The van der Waals surface area contributed by atoms with E-state index in [-0.39, 0.29) is 5.92 Å². The van der Waals surface area contributed by atoms with Gasteiger partial charge in [0.15, 0.2) is 0 Å². The van der Waals surface area contributed by atoms with Crippen LogP contribution in [0.1, 0.15) is 25.7 Å². The van der Waals surface area contributed by atoms with Crippen LogP contribution in [0.3, 0.4) is 0 Å². The molecule has 0 aliphatic heterocycles. The number of phosphoric ester groups is 1. The van der Waals surface area contributed by atoms with Crippen molar-refractivity contribution < 1.29 is 23.7 Å². The lowest BCUT2D eigenvalue weighted by molar-refractivity contribution is -0.138. The van der Waals surface area contributed by atoms with Gasteiger partial charge in [-0.05, 0) is 18.8 Å². The third kappa shape index (κ3) is 3.38. The smallest absolute Gasteiger partial charge is 0.369 e. The molecule has 1 saturated carbocycles. The maximum Gasteiger partial charge on any atom is 0.527 e. The molecule has 82 valence electrons. The fraction of sp³-hybridized carbons (Fsp3) is 0.857. The first-order valence-corrected chi connectivity index (χ1v) is 5.98. The van der Waals surface area contributed by atoms with E-state index in [1.165, 1.54) is 0 Å². The summed E-state index contributed by atoms with van der Waals surface area (Å²) in [7, 11) is -4.75. The van der Waals surface area contributed by atoms with Crippen molar-refractivity contribution in [1.82, 2.24) is 0 Å². The van der Waals surface area contributed by atoms with Gasteiger partial charge in [-0.1, -0.05) is 12.8 Å². The number of carbonyl (C=O) groups is 1. The summed E-state index contributed by atoms with van der Waals surface area (Å²) in [4.78, 5) is 27.9. The Hall–Kier alpha value is -0.420. The molecule has 0 aromatic carbocycles. The molecular formula is C7H14NO5P. The molecule has 1 atom stereocenters. The summed E-state index contributed by atoms with van der Waals surface area (Å²) in [5.41, 5.74) is 5.51. The van der Waals surface area contributed by atoms with E-state index in [0.29, 0.717) is 0 Å². The highest BCUT2D eigenvalue weighted by molar-refractivity contribution is 7.46. The molecule has 0 amide bonds. The van der Waals surface area contributed by atoms with Crippen molar-refractivity contribution in [2.45, 2.75) is 31.7 Å². The van der Waals surface area contributed by atoms with Gasteiger partial charge in [0.25, 0.3) is 0 Å². The van der Waals surface area contributed by atoms with Gasteiger partial charge in [-0.2, -0.15) is 0 Å². The zero-order valence-corrected chi connectivity index (χ0v) is 8.52. The lowest BCUT2D eigenvalue weighted by Gasteiger charge is -2.17. The van der Waals surface area contributed by atoms with Gasteiger partial charge in [0.2, 0.25) is 0 Å². The van der Waals surface area contributed by atoms with Gasteiger partial charge in [0.1, 0.15) is 6.04 Å². The largest absolute Gasteiger partial charge is 0.527 e. The lowest BCUT2D eigenvalue weighted by Crippen LogP contribution is -2.37. The van der Waals surface area contributed by atoms with Crippen LogP contribution in [0.2, 0.25) is 0 Å². The molecule has 7 heteroatoms. The van der Waals surface area contributed by atoms with Crippen LogP contribution in [-0.4, -0.2) is 21.8 Å².